The molecule has 5 heteroatoms. The summed E-state index contributed by atoms with van der Waals surface area (Å²) in [5, 5.41) is 12.4. The highest BCUT2D eigenvalue weighted by molar-refractivity contribution is 5.98. The van der Waals surface area contributed by atoms with Crippen LogP contribution in [-0.2, 0) is 4.79 Å². The van der Waals surface area contributed by atoms with Crippen LogP contribution in [0.2, 0.25) is 0 Å². The zero-order valence-corrected chi connectivity index (χ0v) is 10.8. The number of carbonyl (C=O) groups is 2. The third-order valence-electron chi connectivity index (χ3n) is 2.52. The molecule has 5 nitrogen and oxygen atoms in total. The maximum atomic E-state index is 12.0. The summed E-state index contributed by atoms with van der Waals surface area (Å²) in [4.78, 5) is 23.0. The third kappa shape index (κ3) is 3.14. The number of esters is 1. The molecule has 0 aromatic heterocycles. The van der Waals surface area contributed by atoms with Crippen LogP contribution < -0.4 is 10.1 Å². The van der Waals surface area contributed by atoms with E-state index in [1.165, 1.54) is 19.1 Å². The minimum absolute atomic E-state index is 0.0138. The molecule has 0 radical (unpaired) electrons. The van der Waals surface area contributed by atoms with Gasteiger partial charge in [0.15, 0.2) is 5.75 Å². The molecule has 0 saturated carbocycles. The molecule has 0 aliphatic heterocycles. The molecular weight excluding hydrogens is 258 g/mol. The zero-order chi connectivity index (χ0) is 14.5. The Bertz CT molecular complexity index is 638. The Morgan fingerprint density at radius 3 is 2.40 bits per heavy atom. The van der Waals surface area contributed by atoms with Crippen LogP contribution in [0.4, 0.5) is 5.69 Å². The first-order valence-corrected chi connectivity index (χ1v) is 5.94. The van der Waals surface area contributed by atoms with Gasteiger partial charge >= 0.3 is 5.97 Å². The van der Waals surface area contributed by atoms with E-state index in [1.54, 1.807) is 36.4 Å². The highest BCUT2D eigenvalue weighted by Crippen LogP contribution is 2.28. The Kier molecular flexibility index (Phi) is 4.00. The van der Waals surface area contributed by atoms with Gasteiger partial charge < -0.3 is 15.2 Å². The van der Waals surface area contributed by atoms with E-state index >= 15 is 0 Å². The van der Waals surface area contributed by atoms with E-state index in [0.29, 0.717) is 5.75 Å². The van der Waals surface area contributed by atoms with Crippen LogP contribution in [-0.4, -0.2) is 17.0 Å². The highest BCUT2D eigenvalue weighted by Gasteiger charge is 2.16. The Labute approximate surface area is 115 Å². The fourth-order valence-corrected chi connectivity index (χ4v) is 1.65. The van der Waals surface area contributed by atoms with E-state index in [9.17, 15) is 14.7 Å². The van der Waals surface area contributed by atoms with Gasteiger partial charge in [-0.1, -0.05) is 24.3 Å². The minimum atomic E-state index is -0.694. The van der Waals surface area contributed by atoms with E-state index in [1.807, 2.05) is 0 Å². The number of rotatable bonds is 3. The van der Waals surface area contributed by atoms with E-state index < -0.39 is 5.97 Å². The van der Waals surface area contributed by atoms with E-state index in [0.717, 1.165) is 0 Å². The highest BCUT2D eigenvalue weighted by atomic mass is 16.5. The molecule has 0 bridgehead atoms. The second kappa shape index (κ2) is 5.88. The number of aromatic hydroxyl groups is 1. The molecule has 0 saturated heterocycles. The van der Waals surface area contributed by atoms with Crippen molar-refractivity contribution in [3.05, 3.63) is 54.1 Å². The van der Waals surface area contributed by atoms with Crippen LogP contribution in [0.25, 0.3) is 0 Å². The van der Waals surface area contributed by atoms with E-state index in [4.69, 9.17) is 4.74 Å². The normalized spacial score (nSPS) is 9.85. The molecule has 2 aromatic rings. The molecule has 2 N–H and O–H groups in total. The van der Waals surface area contributed by atoms with Crippen LogP contribution >= 0.6 is 0 Å². The molecular formula is C15H13NO4. The van der Waals surface area contributed by atoms with Gasteiger partial charge in [-0.2, -0.15) is 0 Å². The van der Waals surface area contributed by atoms with Crippen molar-refractivity contribution < 1.29 is 19.4 Å². The average Bonchev–Trinajstić information content (AvgIpc) is 2.41. The zero-order valence-electron chi connectivity index (χ0n) is 10.8. The number of amides is 1. The van der Waals surface area contributed by atoms with Gasteiger partial charge in [-0.3, -0.25) is 4.79 Å². The first kappa shape index (κ1) is 13.6. The van der Waals surface area contributed by atoms with Crippen LogP contribution in [0.1, 0.15) is 17.3 Å². The van der Waals surface area contributed by atoms with Crippen LogP contribution in [0.5, 0.6) is 11.5 Å². The number of benzene rings is 2. The summed E-state index contributed by atoms with van der Waals surface area (Å²) in [5.41, 5.74) is 0.153. The molecule has 20 heavy (non-hydrogen) atoms. The lowest BCUT2D eigenvalue weighted by Gasteiger charge is -2.09. The number of phenolic OH excluding ortho intramolecular Hbond substituents is 1. The number of ether oxygens (including phenoxy) is 1. The summed E-state index contributed by atoms with van der Waals surface area (Å²) in [5.74, 6) is -0.972. The van der Waals surface area contributed by atoms with Crippen molar-refractivity contribution in [2.45, 2.75) is 6.92 Å². The molecule has 0 aliphatic rings. The maximum Gasteiger partial charge on any atom is 0.347 e. The Balaban J connectivity index is 2.24. The fourth-order valence-electron chi connectivity index (χ4n) is 1.65. The van der Waals surface area contributed by atoms with Crippen molar-refractivity contribution in [3.63, 3.8) is 0 Å². The summed E-state index contributed by atoms with van der Waals surface area (Å²) in [7, 11) is 0. The molecule has 0 unspecified atom stereocenters. The smallest absolute Gasteiger partial charge is 0.347 e. The molecule has 0 spiro atoms. The number of hydrogen-bond acceptors (Lipinski definition) is 4. The summed E-state index contributed by atoms with van der Waals surface area (Å²) in [6.07, 6.45) is 0. The topological polar surface area (TPSA) is 75.6 Å². The predicted molar refractivity (Wildman–Crippen MR) is 73.8 cm³/mol. The monoisotopic (exact) mass is 271 g/mol. The molecule has 0 heterocycles. The second-order valence-electron chi connectivity index (χ2n) is 4.09. The number of carbonyl (C=O) groups excluding carboxylic acids is 2. The number of hydrogen-bond donors (Lipinski definition) is 2. The van der Waals surface area contributed by atoms with Gasteiger partial charge in [-0.05, 0) is 24.3 Å². The van der Waals surface area contributed by atoms with Crippen LogP contribution in [0.3, 0.4) is 0 Å². The summed E-state index contributed by atoms with van der Waals surface area (Å²) >= 11 is 0. The van der Waals surface area contributed by atoms with E-state index in [2.05, 4.69) is 5.32 Å². The van der Waals surface area contributed by atoms with Crippen molar-refractivity contribution in [2.24, 2.45) is 0 Å². The molecule has 2 rings (SSSR count). The minimum Gasteiger partial charge on any atom is -0.505 e. The largest absolute Gasteiger partial charge is 0.505 e. The van der Waals surface area contributed by atoms with Gasteiger partial charge in [0.05, 0.1) is 5.69 Å². The molecule has 0 atom stereocenters. The van der Waals surface area contributed by atoms with Gasteiger partial charge in [0.25, 0.3) is 0 Å². The first-order valence-electron chi connectivity index (χ1n) is 5.94. The second-order valence-corrected chi connectivity index (χ2v) is 4.09. The van der Waals surface area contributed by atoms with Crippen molar-refractivity contribution in [1.29, 1.82) is 0 Å². The summed E-state index contributed by atoms with van der Waals surface area (Å²) in [6.45, 7) is 1.31. The average molecular weight is 271 g/mol. The van der Waals surface area contributed by atoms with Crippen molar-refractivity contribution in [2.75, 3.05) is 5.32 Å². The van der Waals surface area contributed by atoms with Crippen molar-refractivity contribution in [1.82, 2.24) is 0 Å². The SMILES string of the molecule is CC(=O)Nc1cccc(C(=O)Oc2ccccc2)c1O. The van der Waals surface area contributed by atoms with Gasteiger partial charge in [0.1, 0.15) is 11.3 Å². The number of para-hydroxylation sites is 2. The maximum absolute atomic E-state index is 12.0. The van der Waals surface area contributed by atoms with Gasteiger partial charge in [-0.25, -0.2) is 4.79 Å². The molecule has 2 aromatic carbocycles. The van der Waals surface area contributed by atoms with E-state index in [-0.39, 0.29) is 22.9 Å². The molecule has 0 aliphatic carbocycles. The van der Waals surface area contributed by atoms with Crippen LogP contribution in [0.15, 0.2) is 48.5 Å². The van der Waals surface area contributed by atoms with Gasteiger partial charge in [-0.15, -0.1) is 0 Å². The Morgan fingerprint density at radius 1 is 1.05 bits per heavy atom. The predicted octanol–water partition coefficient (Wildman–Crippen LogP) is 2.57. The van der Waals surface area contributed by atoms with Crippen molar-refractivity contribution >= 4 is 17.6 Å². The summed E-state index contributed by atoms with van der Waals surface area (Å²) in [6, 6.07) is 13.0. The Morgan fingerprint density at radius 2 is 1.75 bits per heavy atom. The molecule has 102 valence electrons. The standard InChI is InChI=1S/C15H13NO4/c1-10(17)16-13-9-5-8-12(14(13)18)15(19)20-11-6-3-2-4-7-11/h2-9,18H,1H3,(H,16,17). The van der Waals surface area contributed by atoms with Gasteiger partial charge in [0, 0.05) is 6.92 Å². The quantitative estimate of drug-likeness (QED) is 0.511. The molecule has 1 amide bonds. The van der Waals surface area contributed by atoms with Crippen molar-refractivity contribution in [3.8, 4) is 11.5 Å². The third-order valence-corrected chi connectivity index (χ3v) is 2.52. The lowest BCUT2D eigenvalue weighted by molar-refractivity contribution is -0.114. The Hall–Kier alpha value is -2.82. The lowest BCUT2D eigenvalue weighted by Crippen LogP contribution is -2.11. The number of phenols is 1. The number of anilines is 1. The molecule has 0 fully saturated rings. The fraction of sp³-hybridized carbons (Fsp3) is 0.0667. The van der Waals surface area contributed by atoms with Crippen LogP contribution in [0, 0.1) is 0 Å². The lowest BCUT2D eigenvalue weighted by atomic mass is 10.1. The van der Waals surface area contributed by atoms with Gasteiger partial charge in [0.2, 0.25) is 5.91 Å². The summed E-state index contributed by atoms with van der Waals surface area (Å²) < 4.78 is 5.13. The number of nitrogens with one attached hydrogen (secondary N) is 1. The first-order chi connectivity index (χ1) is 9.58.